The molecule has 0 aliphatic carbocycles. The molecule has 1 aromatic rings. The molecule has 0 bridgehead atoms. The maximum Gasteiger partial charge on any atom is 0.0959 e. The highest BCUT2D eigenvalue weighted by molar-refractivity contribution is 7.99. The largest absolute Gasteiger partial charge is 0.250 e. The van der Waals surface area contributed by atoms with Crippen LogP contribution in [0.25, 0.3) is 0 Å². The monoisotopic (exact) mass is 207 g/mol. The van der Waals surface area contributed by atoms with E-state index in [2.05, 4.69) is 16.4 Å². The topological polar surface area (TPSA) is 27.0 Å². The zero-order valence-electron chi connectivity index (χ0n) is 8.22. The molecule has 0 N–H and O–H groups in total. The van der Waals surface area contributed by atoms with Gasteiger partial charge in [0.25, 0.3) is 0 Å². The Morgan fingerprint density at radius 1 is 1.43 bits per heavy atom. The molecule has 1 atom stereocenters. The minimum Gasteiger partial charge on any atom is -0.250 e. The molecule has 2 rings (SSSR count). The number of piperidine rings is 1. The Hall–Kier alpha value is -0.540. The van der Waals surface area contributed by atoms with Crippen LogP contribution < -0.4 is 5.32 Å². The summed E-state index contributed by atoms with van der Waals surface area (Å²) in [5.41, 5.74) is 0. The molecule has 1 unspecified atom stereocenters. The third kappa shape index (κ3) is 3.00. The van der Waals surface area contributed by atoms with Crippen molar-refractivity contribution in [3.8, 4) is 0 Å². The van der Waals surface area contributed by atoms with Crippen LogP contribution in [-0.4, -0.2) is 23.8 Å². The van der Waals surface area contributed by atoms with Crippen LogP contribution >= 0.6 is 11.8 Å². The predicted molar refractivity (Wildman–Crippen MR) is 59.6 cm³/mol. The second-order valence-electron chi connectivity index (χ2n) is 3.62. The lowest BCUT2D eigenvalue weighted by molar-refractivity contribution is 0.404. The standard InChI is InChI=1S/C11H15N2S/c1-2-7-13-11(5-1)14-9-10-4-3-6-12-8-10/h1-2,5,7,10H,3-4,6,8-9H2. The summed E-state index contributed by atoms with van der Waals surface area (Å²) >= 11 is 1.86. The molecule has 2 heterocycles. The van der Waals surface area contributed by atoms with Crippen molar-refractivity contribution in [2.75, 3.05) is 18.8 Å². The third-order valence-electron chi connectivity index (χ3n) is 2.42. The van der Waals surface area contributed by atoms with Gasteiger partial charge in [0.05, 0.1) is 5.03 Å². The molecule has 1 saturated heterocycles. The Bertz CT molecular complexity index is 257. The summed E-state index contributed by atoms with van der Waals surface area (Å²) < 4.78 is 0. The van der Waals surface area contributed by atoms with E-state index < -0.39 is 0 Å². The summed E-state index contributed by atoms with van der Waals surface area (Å²) in [6.07, 6.45) is 4.46. The van der Waals surface area contributed by atoms with Gasteiger partial charge in [-0.3, -0.25) is 0 Å². The van der Waals surface area contributed by atoms with E-state index in [4.69, 9.17) is 0 Å². The average molecular weight is 207 g/mol. The SMILES string of the molecule is c1ccc(SCC2CCC[N]C2)nc1. The third-order valence-corrected chi connectivity index (χ3v) is 3.60. The Labute approximate surface area is 89.5 Å². The first-order valence-corrected chi connectivity index (χ1v) is 6.11. The number of nitrogens with zero attached hydrogens (tertiary/aromatic N) is 2. The summed E-state index contributed by atoms with van der Waals surface area (Å²) in [7, 11) is 0. The number of pyridine rings is 1. The maximum absolute atomic E-state index is 4.44. The zero-order valence-corrected chi connectivity index (χ0v) is 9.04. The first-order valence-electron chi connectivity index (χ1n) is 5.12. The van der Waals surface area contributed by atoms with Crippen LogP contribution in [-0.2, 0) is 0 Å². The van der Waals surface area contributed by atoms with Gasteiger partial charge in [0.2, 0.25) is 0 Å². The molecule has 1 aliphatic heterocycles. The fourth-order valence-electron chi connectivity index (χ4n) is 1.63. The van der Waals surface area contributed by atoms with Gasteiger partial charge in [0.1, 0.15) is 0 Å². The highest BCUT2D eigenvalue weighted by atomic mass is 32.2. The molecule has 3 heteroatoms. The molecular formula is C11H15N2S. The average Bonchev–Trinajstić information content (AvgIpc) is 2.29. The molecule has 0 spiro atoms. The molecule has 1 fully saturated rings. The van der Waals surface area contributed by atoms with Crippen LogP contribution in [0.15, 0.2) is 29.4 Å². The summed E-state index contributed by atoms with van der Waals surface area (Å²) in [4.78, 5) is 4.30. The van der Waals surface area contributed by atoms with Crippen LogP contribution in [0.3, 0.4) is 0 Å². The molecule has 75 valence electrons. The fourth-order valence-corrected chi connectivity index (χ4v) is 2.62. The van der Waals surface area contributed by atoms with Crippen molar-refractivity contribution in [3.63, 3.8) is 0 Å². The number of thioether (sulfide) groups is 1. The van der Waals surface area contributed by atoms with Crippen LogP contribution in [0.2, 0.25) is 0 Å². The van der Waals surface area contributed by atoms with Crippen molar-refractivity contribution in [2.24, 2.45) is 5.92 Å². The van der Waals surface area contributed by atoms with Gasteiger partial charge in [-0.15, -0.1) is 11.8 Å². The zero-order chi connectivity index (χ0) is 9.64. The van der Waals surface area contributed by atoms with Gasteiger partial charge < -0.3 is 0 Å². The van der Waals surface area contributed by atoms with Crippen molar-refractivity contribution in [1.82, 2.24) is 10.3 Å². The minimum atomic E-state index is 0.774. The van der Waals surface area contributed by atoms with Gasteiger partial charge in [-0.05, 0) is 30.9 Å². The Kier molecular flexibility index (Phi) is 3.83. The number of hydrogen-bond acceptors (Lipinski definition) is 2. The highest BCUT2D eigenvalue weighted by Crippen LogP contribution is 2.21. The van der Waals surface area contributed by atoms with E-state index in [9.17, 15) is 0 Å². The highest BCUT2D eigenvalue weighted by Gasteiger charge is 2.13. The Morgan fingerprint density at radius 3 is 3.14 bits per heavy atom. The fraction of sp³-hybridized carbons (Fsp3) is 0.545. The van der Waals surface area contributed by atoms with Crippen LogP contribution in [0.4, 0.5) is 0 Å². The summed E-state index contributed by atoms with van der Waals surface area (Å²) in [5.74, 6) is 1.94. The summed E-state index contributed by atoms with van der Waals surface area (Å²) in [6, 6.07) is 6.07. The Balaban J connectivity index is 1.76. The molecule has 0 saturated carbocycles. The smallest absolute Gasteiger partial charge is 0.0959 e. The molecule has 14 heavy (non-hydrogen) atoms. The van der Waals surface area contributed by atoms with Crippen molar-refractivity contribution in [3.05, 3.63) is 24.4 Å². The van der Waals surface area contributed by atoms with Gasteiger partial charge >= 0.3 is 0 Å². The van der Waals surface area contributed by atoms with Crippen molar-refractivity contribution in [2.45, 2.75) is 17.9 Å². The van der Waals surface area contributed by atoms with Crippen LogP contribution in [0.1, 0.15) is 12.8 Å². The minimum absolute atomic E-state index is 0.774. The van der Waals surface area contributed by atoms with Crippen molar-refractivity contribution in [1.29, 1.82) is 0 Å². The maximum atomic E-state index is 4.44. The normalized spacial score (nSPS) is 22.1. The second-order valence-corrected chi connectivity index (χ2v) is 4.66. The molecule has 1 aromatic heterocycles. The molecule has 2 nitrogen and oxygen atoms in total. The van der Waals surface area contributed by atoms with E-state index in [1.165, 1.54) is 18.6 Å². The van der Waals surface area contributed by atoms with E-state index in [1.54, 1.807) is 0 Å². The van der Waals surface area contributed by atoms with Crippen molar-refractivity contribution < 1.29 is 0 Å². The van der Waals surface area contributed by atoms with Crippen LogP contribution in [0, 0.1) is 5.92 Å². The number of rotatable bonds is 3. The first kappa shape index (κ1) is 9.99. The second kappa shape index (κ2) is 5.37. The van der Waals surface area contributed by atoms with E-state index in [1.807, 2.05) is 30.1 Å². The van der Waals surface area contributed by atoms with Crippen LogP contribution in [0.5, 0.6) is 0 Å². The molecule has 0 amide bonds. The molecule has 1 aliphatic rings. The first-order chi connectivity index (χ1) is 6.95. The van der Waals surface area contributed by atoms with Gasteiger partial charge in [0.15, 0.2) is 0 Å². The van der Waals surface area contributed by atoms with E-state index in [0.29, 0.717) is 0 Å². The van der Waals surface area contributed by atoms with Gasteiger partial charge in [-0.2, -0.15) is 0 Å². The summed E-state index contributed by atoms with van der Waals surface area (Å²) in [5, 5.41) is 5.57. The van der Waals surface area contributed by atoms with Gasteiger partial charge in [0, 0.05) is 25.0 Å². The van der Waals surface area contributed by atoms with E-state index in [0.717, 1.165) is 24.0 Å². The van der Waals surface area contributed by atoms with Gasteiger partial charge in [-0.25, -0.2) is 10.3 Å². The predicted octanol–water partition coefficient (Wildman–Crippen LogP) is 2.19. The quantitative estimate of drug-likeness (QED) is 0.710. The van der Waals surface area contributed by atoms with Crippen molar-refractivity contribution >= 4 is 11.8 Å². The molecule has 1 radical (unpaired) electrons. The van der Waals surface area contributed by atoms with E-state index >= 15 is 0 Å². The van der Waals surface area contributed by atoms with E-state index in [-0.39, 0.29) is 0 Å². The number of aromatic nitrogens is 1. The summed E-state index contributed by atoms with van der Waals surface area (Å²) in [6.45, 7) is 2.13. The molecular weight excluding hydrogens is 192 g/mol. The lowest BCUT2D eigenvalue weighted by atomic mass is 10.0. The molecule has 0 aromatic carbocycles. The lowest BCUT2D eigenvalue weighted by Gasteiger charge is -2.20. The Morgan fingerprint density at radius 2 is 2.43 bits per heavy atom. The van der Waals surface area contributed by atoms with Gasteiger partial charge in [-0.1, -0.05) is 6.07 Å². The number of hydrogen-bond donors (Lipinski definition) is 0. The lowest BCUT2D eigenvalue weighted by Crippen LogP contribution is -2.25.